The predicted molar refractivity (Wildman–Crippen MR) is 95.6 cm³/mol. The Balaban J connectivity index is 2.30. The highest BCUT2D eigenvalue weighted by Crippen LogP contribution is 2.21. The van der Waals surface area contributed by atoms with E-state index in [-0.39, 0.29) is 49.9 Å². The van der Waals surface area contributed by atoms with Gasteiger partial charge in [-0.2, -0.15) is 4.31 Å². The number of amides is 1. The zero-order valence-electron chi connectivity index (χ0n) is 15.5. The number of sulfonamides is 1. The fourth-order valence-corrected chi connectivity index (χ4v) is 4.09. The number of carbonyl (C=O) groups is 1. The van der Waals surface area contributed by atoms with Gasteiger partial charge in [-0.05, 0) is 18.2 Å². The van der Waals surface area contributed by atoms with Gasteiger partial charge in [0.05, 0.1) is 36.9 Å². The summed E-state index contributed by atoms with van der Waals surface area (Å²) >= 11 is 0. The maximum absolute atomic E-state index is 14.3. The van der Waals surface area contributed by atoms with Crippen LogP contribution in [0.4, 0.5) is 4.39 Å². The Kier molecular flexibility index (Phi) is 8.11. The van der Waals surface area contributed by atoms with Gasteiger partial charge in [0.15, 0.2) is 0 Å². The Morgan fingerprint density at radius 1 is 1.19 bits per heavy atom. The lowest BCUT2D eigenvalue weighted by Gasteiger charge is -2.26. The highest BCUT2D eigenvalue weighted by molar-refractivity contribution is 7.89. The van der Waals surface area contributed by atoms with Crippen LogP contribution in [0.3, 0.4) is 0 Å². The van der Waals surface area contributed by atoms with E-state index in [4.69, 9.17) is 14.2 Å². The summed E-state index contributed by atoms with van der Waals surface area (Å²) in [6, 6.07) is 3.27. The van der Waals surface area contributed by atoms with Crippen molar-refractivity contribution in [3.63, 3.8) is 0 Å². The molecular formula is C17H25FN2O6S. The lowest BCUT2D eigenvalue weighted by Crippen LogP contribution is -2.41. The Labute approximate surface area is 158 Å². The van der Waals surface area contributed by atoms with Crippen molar-refractivity contribution in [3.05, 3.63) is 29.6 Å². The van der Waals surface area contributed by atoms with E-state index in [0.29, 0.717) is 13.2 Å². The Bertz CT molecular complexity index is 729. The molecular weight excluding hydrogens is 379 g/mol. The zero-order chi connectivity index (χ0) is 19.9. The van der Waals surface area contributed by atoms with E-state index in [1.54, 1.807) is 0 Å². The quantitative estimate of drug-likeness (QED) is 0.599. The number of hydrogen-bond donors (Lipinski definition) is 0. The normalized spacial score (nSPS) is 15.7. The average molecular weight is 404 g/mol. The van der Waals surface area contributed by atoms with Gasteiger partial charge < -0.3 is 19.1 Å². The molecule has 152 valence electrons. The van der Waals surface area contributed by atoms with Gasteiger partial charge in [-0.15, -0.1) is 0 Å². The van der Waals surface area contributed by atoms with Crippen LogP contribution in [0.5, 0.6) is 0 Å². The molecule has 1 fully saturated rings. The van der Waals surface area contributed by atoms with Crippen LogP contribution in [0, 0.1) is 5.82 Å². The van der Waals surface area contributed by atoms with Gasteiger partial charge in [-0.1, -0.05) is 0 Å². The monoisotopic (exact) mass is 404 g/mol. The number of halogens is 1. The van der Waals surface area contributed by atoms with E-state index in [0.717, 1.165) is 12.1 Å². The summed E-state index contributed by atoms with van der Waals surface area (Å²) in [5.41, 5.74) is -0.295. The number of hydrogen-bond acceptors (Lipinski definition) is 6. The molecule has 1 aliphatic heterocycles. The highest BCUT2D eigenvalue weighted by atomic mass is 32.2. The van der Waals surface area contributed by atoms with Gasteiger partial charge in [0, 0.05) is 40.4 Å². The molecule has 0 aromatic heterocycles. The third-order valence-corrected chi connectivity index (χ3v) is 6.09. The molecule has 1 amide bonds. The first-order valence-electron chi connectivity index (χ1n) is 8.56. The highest BCUT2D eigenvalue weighted by Gasteiger charge is 2.28. The van der Waals surface area contributed by atoms with Gasteiger partial charge >= 0.3 is 0 Å². The van der Waals surface area contributed by atoms with Crippen molar-refractivity contribution in [1.29, 1.82) is 0 Å². The first-order valence-corrected chi connectivity index (χ1v) is 10.0. The molecule has 1 aliphatic rings. The molecule has 1 aromatic carbocycles. The van der Waals surface area contributed by atoms with Gasteiger partial charge in [-0.3, -0.25) is 4.79 Å². The Morgan fingerprint density at radius 2 is 1.78 bits per heavy atom. The molecule has 0 radical (unpaired) electrons. The molecule has 8 nitrogen and oxygen atoms in total. The molecule has 0 unspecified atom stereocenters. The minimum Gasteiger partial charge on any atom is -0.383 e. The van der Waals surface area contributed by atoms with Gasteiger partial charge in [0.2, 0.25) is 10.0 Å². The number of methoxy groups -OCH3 is 2. The second-order valence-corrected chi connectivity index (χ2v) is 7.87. The second kappa shape index (κ2) is 10.1. The number of carbonyl (C=O) groups excluding carboxylic acids is 1. The van der Waals surface area contributed by atoms with Crippen LogP contribution in [-0.4, -0.2) is 90.4 Å². The van der Waals surface area contributed by atoms with Crippen LogP contribution in [-0.2, 0) is 24.2 Å². The number of nitrogens with zero attached hydrogens (tertiary/aromatic N) is 2. The van der Waals surface area contributed by atoms with E-state index in [1.807, 2.05) is 0 Å². The summed E-state index contributed by atoms with van der Waals surface area (Å²) in [7, 11) is -0.838. The third kappa shape index (κ3) is 5.45. The third-order valence-electron chi connectivity index (χ3n) is 4.19. The molecule has 0 bridgehead atoms. The molecule has 1 heterocycles. The van der Waals surface area contributed by atoms with Crippen molar-refractivity contribution < 1.29 is 31.8 Å². The number of morpholine rings is 1. The second-order valence-electron chi connectivity index (χ2n) is 5.94. The van der Waals surface area contributed by atoms with Crippen molar-refractivity contribution in [2.45, 2.75) is 4.90 Å². The van der Waals surface area contributed by atoms with Gasteiger partial charge in [0.25, 0.3) is 5.91 Å². The van der Waals surface area contributed by atoms with Crippen molar-refractivity contribution in [1.82, 2.24) is 9.21 Å². The van der Waals surface area contributed by atoms with Crippen molar-refractivity contribution in [2.75, 3.05) is 66.8 Å². The lowest BCUT2D eigenvalue weighted by molar-refractivity contribution is 0.0622. The van der Waals surface area contributed by atoms with Gasteiger partial charge in [-0.25, -0.2) is 12.8 Å². The molecule has 2 rings (SSSR count). The number of benzene rings is 1. The summed E-state index contributed by atoms with van der Waals surface area (Å²) in [6.07, 6.45) is 0. The molecule has 0 spiro atoms. The SMILES string of the molecule is COCCN(CCOC)C(=O)c1cc(S(=O)(=O)N2CCOCC2)ccc1F. The van der Waals surface area contributed by atoms with Crippen LogP contribution in [0.15, 0.2) is 23.1 Å². The molecule has 10 heteroatoms. The number of ether oxygens (including phenoxy) is 3. The van der Waals surface area contributed by atoms with Crippen LogP contribution >= 0.6 is 0 Å². The largest absolute Gasteiger partial charge is 0.383 e. The van der Waals surface area contributed by atoms with Crippen molar-refractivity contribution >= 4 is 15.9 Å². The Morgan fingerprint density at radius 3 is 2.33 bits per heavy atom. The van der Waals surface area contributed by atoms with Crippen molar-refractivity contribution in [2.24, 2.45) is 0 Å². The standard InChI is InChI=1S/C17H25FN2O6S/c1-24-9-5-19(6-10-25-2)17(21)15-13-14(3-4-16(15)18)27(22,23)20-7-11-26-12-8-20/h3-4,13H,5-12H2,1-2H3. The first-order chi connectivity index (χ1) is 12.9. The topological polar surface area (TPSA) is 85.4 Å². The molecule has 1 saturated heterocycles. The molecule has 27 heavy (non-hydrogen) atoms. The zero-order valence-corrected chi connectivity index (χ0v) is 16.3. The predicted octanol–water partition coefficient (Wildman–Crippen LogP) is 0.582. The average Bonchev–Trinajstić information content (AvgIpc) is 2.68. The fraction of sp³-hybridized carbons (Fsp3) is 0.588. The Hall–Kier alpha value is -1.59. The summed E-state index contributed by atoms with van der Waals surface area (Å²) in [6.45, 7) is 2.04. The maximum Gasteiger partial charge on any atom is 0.257 e. The van der Waals surface area contributed by atoms with E-state index in [9.17, 15) is 17.6 Å². The van der Waals surface area contributed by atoms with Crippen LogP contribution in [0.1, 0.15) is 10.4 Å². The van der Waals surface area contributed by atoms with E-state index in [2.05, 4.69) is 0 Å². The molecule has 1 aromatic rings. The number of rotatable bonds is 9. The minimum atomic E-state index is -3.83. The molecule has 0 atom stereocenters. The van der Waals surface area contributed by atoms with E-state index < -0.39 is 21.7 Å². The van der Waals surface area contributed by atoms with E-state index >= 15 is 0 Å². The summed E-state index contributed by atoms with van der Waals surface area (Å²) < 4.78 is 56.3. The molecule has 0 aliphatic carbocycles. The fourth-order valence-electron chi connectivity index (χ4n) is 2.65. The van der Waals surface area contributed by atoms with Crippen molar-refractivity contribution in [3.8, 4) is 0 Å². The van der Waals surface area contributed by atoms with E-state index in [1.165, 1.54) is 29.5 Å². The first kappa shape index (κ1) is 21.7. The smallest absolute Gasteiger partial charge is 0.257 e. The summed E-state index contributed by atoms with van der Waals surface area (Å²) in [5, 5.41) is 0. The minimum absolute atomic E-state index is 0.118. The summed E-state index contributed by atoms with van der Waals surface area (Å²) in [4.78, 5) is 14.0. The molecule has 0 N–H and O–H groups in total. The van der Waals surface area contributed by atoms with Crippen LogP contribution < -0.4 is 0 Å². The maximum atomic E-state index is 14.3. The lowest BCUT2D eigenvalue weighted by atomic mass is 10.2. The van der Waals surface area contributed by atoms with Crippen LogP contribution in [0.25, 0.3) is 0 Å². The summed E-state index contributed by atoms with van der Waals surface area (Å²) in [5.74, 6) is -1.39. The van der Waals surface area contributed by atoms with Crippen LogP contribution in [0.2, 0.25) is 0 Å². The van der Waals surface area contributed by atoms with Gasteiger partial charge in [0.1, 0.15) is 5.82 Å². The molecule has 0 saturated carbocycles.